The van der Waals surface area contributed by atoms with Crippen LogP contribution in [0, 0.1) is 0 Å². The Kier molecular flexibility index (Phi) is 5.18. The molecule has 9 heteroatoms. The molecule has 1 heterocycles. The van der Waals surface area contributed by atoms with Gasteiger partial charge in [-0.1, -0.05) is 53.6 Å². The quantitative estimate of drug-likeness (QED) is 0.651. The van der Waals surface area contributed by atoms with E-state index in [9.17, 15) is 9.59 Å². The Morgan fingerprint density at radius 3 is 2.35 bits per heavy atom. The molecule has 0 bridgehead atoms. The normalized spacial score (nSPS) is 11.4. The molecule has 0 saturated heterocycles. The molecule has 0 unspecified atom stereocenters. The molecule has 3 rings (SSSR count). The van der Waals surface area contributed by atoms with E-state index in [4.69, 9.17) is 4.74 Å². The molecule has 0 aliphatic carbocycles. The summed E-state index contributed by atoms with van der Waals surface area (Å²) in [6.07, 6.45) is -1.12. The van der Waals surface area contributed by atoms with Crippen LogP contribution in [0.2, 0.25) is 0 Å². The smallest absolute Gasteiger partial charge is 0.303 e. The summed E-state index contributed by atoms with van der Waals surface area (Å²) in [6, 6.07) is 17.9. The number of para-hydroxylation sites is 1. The summed E-state index contributed by atoms with van der Waals surface area (Å²) in [7, 11) is 0. The fraction of sp³-hybridized carbons (Fsp3) is 0.118. The molecule has 1 atom stereocenters. The van der Waals surface area contributed by atoms with Crippen LogP contribution in [-0.4, -0.2) is 32.2 Å². The van der Waals surface area contributed by atoms with Gasteiger partial charge in [-0.15, -0.1) is 4.79 Å². The number of carbonyl (C=O) groups is 2. The first-order chi connectivity index (χ1) is 12.6. The molecule has 132 valence electrons. The molecular weight excluding hydrogens is 336 g/mol. The maximum atomic E-state index is 12.6. The third-order valence-electron chi connectivity index (χ3n) is 3.34. The zero-order valence-electron chi connectivity index (χ0n) is 13.9. The number of ether oxygens (including phenoxy) is 1. The fourth-order valence-electron chi connectivity index (χ4n) is 2.22. The summed E-state index contributed by atoms with van der Waals surface area (Å²) in [4.78, 5) is 25.1. The number of amides is 1. The number of rotatable bonds is 6. The van der Waals surface area contributed by atoms with Crippen molar-refractivity contribution in [1.29, 1.82) is 0 Å². The van der Waals surface area contributed by atoms with E-state index in [-0.39, 0.29) is 5.95 Å². The molecule has 2 aromatic carbocycles. The second-order valence-corrected chi connectivity index (χ2v) is 5.28. The van der Waals surface area contributed by atoms with Crippen molar-refractivity contribution < 1.29 is 14.3 Å². The molecule has 3 aromatic rings. The van der Waals surface area contributed by atoms with Crippen molar-refractivity contribution in [3.63, 3.8) is 0 Å². The van der Waals surface area contributed by atoms with E-state index in [2.05, 4.69) is 26.3 Å². The molecule has 9 nitrogen and oxygen atoms in total. The van der Waals surface area contributed by atoms with E-state index in [0.717, 1.165) is 10.5 Å². The number of carbonyl (C=O) groups excluding carboxylic acids is 2. The Morgan fingerprint density at radius 1 is 1.04 bits per heavy atom. The molecule has 1 amide bonds. The fourth-order valence-corrected chi connectivity index (χ4v) is 2.22. The van der Waals surface area contributed by atoms with Gasteiger partial charge in [0.2, 0.25) is 6.10 Å². The van der Waals surface area contributed by atoms with Gasteiger partial charge in [-0.25, -0.2) is 5.43 Å². The average Bonchev–Trinajstić information content (AvgIpc) is 3.07. The Bertz CT molecular complexity index is 882. The summed E-state index contributed by atoms with van der Waals surface area (Å²) in [6.45, 7) is 1.24. The highest BCUT2D eigenvalue weighted by molar-refractivity contribution is 5.90. The van der Waals surface area contributed by atoms with E-state index in [0.29, 0.717) is 5.56 Å². The van der Waals surface area contributed by atoms with Crippen LogP contribution in [0.4, 0.5) is 11.6 Å². The van der Waals surface area contributed by atoms with Gasteiger partial charge in [0.15, 0.2) is 0 Å². The van der Waals surface area contributed by atoms with Gasteiger partial charge in [0, 0.05) is 18.2 Å². The zero-order valence-corrected chi connectivity index (χ0v) is 13.9. The Balaban J connectivity index is 1.78. The van der Waals surface area contributed by atoms with Crippen molar-refractivity contribution in [2.24, 2.45) is 0 Å². The van der Waals surface area contributed by atoms with Gasteiger partial charge >= 0.3 is 5.97 Å². The van der Waals surface area contributed by atoms with Crippen LogP contribution in [0.5, 0.6) is 0 Å². The third kappa shape index (κ3) is 4.20. The molecule has 0 fully saturated rings. The van der Waals surface area contributed by atoms with E-state index in [1.807, 2.05) is 30.3 Å². The number of tetrazole rings is 1. The summed E-state index contributed by atoms with van der Waals surface area (Å²) < 4.78 is 5.15. The molecule has 0 aliphatic heterocycles. The third-order valence-corrected chi connectivity index (χ3v) is 3.34. The minimum Gasteiger partial charge on any atom is -0.447 e. The van der Waals surface area contributed by atoms with E-state index < -0.39 is 18.0 Å². The van der Waals surface area contributed by atoms with Crippen molar-refractivity contribution in [1.82, 2.24) is 20.3 Å². The summed E-state index contributed by atoms with van der Waals surface area (Å²) >= 11 is 0. The minimum absolute atomic E-state index is 0.208. The largest absolute Gasteiger partial charge is 0.447 e. The van der Waals surface area contributed by atoms with Crippen LogP contribution >= 0.6 is 0 Å². The second-order valence-electron chi connectivity index (χ2n) is 5.28. The SMILES string of the molecule is CC(=O)O[C@@H](C(=O)Nn1nnnc1Nc1ccccc1)c1ccccc1. The number of hydrogen-bond donors (Lipinski definition) is 2. The monoisotopic (exact) mass is 352 g/mol. The van der Waals surface area contributed by atoms with Gasteiger partial charge < -0.3 is 10.1 Å². The molecular formula is C17H16N6O3. The van der Waals surface area contributed by atoms with Gasteiger partial charge in [-0.2, -0.15) is 0 Å². The van der Waals surface area contributed by atoms with Crippen molar-refractivity contribution in [2.45, 2.75) is 13.0 Å². The topological polar surface area (TPSA) is 111 Å². The predicted octanol–water partition coefficient (Wildman–Crippen LogP) is 1.79. The number of anilines is 2. The number of nitrogens with one attached hydrogen (secondary N) is 2. The van der Waals surface area contributed by atoms with E-state index in [1.54, 1.807) is 30.3 Å². The first kappa shape index (κ1) is 17.1. The van der Waals surface area contributed by atoms with Crippen LogP contribution in [0.15, 0.2) is 60.7 Å². The molecule has 0 aliphatic rings. The molecule has 1 aromatic heterocycles. The number of esters is 1. The van der Waals surface area contributed by atoms with Crippen molar-refractivity contribution in [2.75, 3.05) is 10.7 Å². The Labute approximate surface area is 148 Å². The van der Waals surface area contributed by atoms with Crippen molar-refractivity contribution in [3.05, 3.63) is 66.2 Å². The molecule has 0 spiro atoms. The lowest BCUT2D eigenvalue weighted by Gasteiger charge is -2.17. The maximum absolute atomic E-state index is 12.6. The van der Waals surface area contributed by atoms with E-state index >= 15 is 0 Å². The first-order valence-electron chi connectivity index (χ1n) is 7.77. The van der Waals surface area contributed by atoms with Crippen LogP contribution in [0.25, 0.3) is 0 Å². The number of benzene rings is 2. The highest BCUT2D eigenvalue weighted by atomic mass is 16.5. The Morgan fingerprint density at radius 2 is 1.69 bits per heavy atom. The standard InChI is InChI=1S/C17H16N6O3/c1-12(24)26-15(13-8-4-2-5-9-13)16(25)20-23-17(19-21-22-23)18-14-10-6-3-7-11-14/h2-11,15H,1H3,(H,20,25)(H,18,19,22)/t15-/m1/s1. The second kappa shape index (κ2) is 7.88. The lowest BCUT2D eigenvalue weighted by atomic mass is 10.1. The first-order valence-corrected chi connectivity index (χ1v) is 7.77. The van der Waals surface area contributed by atoms with Gasteiger partial charge in [-0.05, 0) is 22.6 Å². The minimum atomic E-state index is -1.12. The predicted molar refractivity (Wildman–Crippen MR) is 92.9 cm³/mol. The van der Waals surface area contributed by atoms with Gasteiger partial charge in [0.05, 0.1) is 0 Å². The van der Waals surface area contributed by atoms with Crippen molar-refractivity contribution >= 4 is 23.5 Å². The molecule has 0 saturated carbocycles. The number of hydrogen-bond acceptors (Lipinski definition) is 7. The summed E-state index contributed by atoms with van der Waals surface area (Å²) in [5.41, 5.74) is 3.80. The van der Waals surface area contributed by atoms with Crippen molar-refractivity contribution in [3.8, 4) is 0 Å². The lowest BCUT2D eigenvalue weighted by Crippen LogP contribution is -2.32. The number of nitrogens with zero attached hydrogens (tertiary/aromatic N) is 4. The van der Waals surface area contributed by atoms with Crippen LogP contribution in [0.1, 0.15) is 18.6 Å². The Hall–Kier alpha value is -3.75. The molecule has 26 heavy (non-hydrogen) atoms. The lowest BCUT2D eigenvalue weighted by molar-refractivity contribution is -0.152. The summed E-state index contributed by atoms with van der Waals surface area (Å²) in [5.74, 6) is -0.956. The molecule has 2 N–H and O–H groups in total. The van der Waals surface area contributed by atoms with Gasteiger partial charge in [-0.3, -0.25) is 9.59 Å². The highest BCUT2D eigenvalue weighted by Crippen LogP contribution is 2.19. The number of aromatic nitrogens is 4. The van der Waals surface area contributed by atoms with Gasteiger partial charge in [0.25, 0.3) is 11.9 Å². The zero-order chi connectivity index (χ0) is 18.4. The maximum Gasteiger partial charge on any atom is 0.303 e. The van der Waals surface area contributed by atoms with Crippen LogP contribution < -0.4 is 10.7 Å². The van der Waals surface area contributed by atoms with Crippen LogP contribution in [-0.2, 0) is 14.3 Å². The highest BCUT2D eigenvalue weighted by Gasteiger charge is 2.25. The van der Waals surface area contributed by atoms with Gasteiger partial charge in [0.1, 0.15) is 0 Å². The molecule has 0 radical (unpaired) electrons. The average molecular weight is 352 g/mol. The van der Waals surface area contributed by atoms with E-state index in [1.165, 1.54) is 6.92 Å². The van der Waals surface area contributed by atoms with Crippen LogP contribution in [0.3, 0.4) is 0 Å². The summed E-state index contributed by atoms with van der Waals surface area (Å²) in [5, 5.41) is 14.1.